The second-order valence-corrected chi connectivity index (χ2v) is 9.76. The number of phenolic OH excluding ortho intramolecular Hbond substituents is 1. The molecule has 1 aliphatic rings. The molecule has 0 aliphatic carbocycles. The highest BCUT2D eigenvalue weighted by molar-refractivity contribution is 7.22. The molecule has 9 heteroatoms. The molecule has 2 N–H and O–H groups in total. The number of amides is 1. The minimum absolute atomic E-state index is 0.0879. The van der Waals surface area contributed by atoms with Crippen molar-refractivity contribution >= 4 is 44.1 Å². The summed E-state index contributed by atoms with van der Waals surface area (Å²) < 4.78 is 11.3. The lowest BCUT2D eigenvalue weighted by molar-refractivity contribution is -0.132. The number of methoxy groups -OCH3 is 2. The zero-order valence-corrected chi connectivity index (χ0v) is 21.4. The summed E-state index contributed by atoms with van der Waals surface area (Å²) in [6, 6.07) is 14.1. The number of benzene rings is 3. The third-order valence-electron chi connectivity index (χ3n) is 6.35. The van der Waals surface area contributed by atoms with E-state index < -0.39 is 17.7 Å². The molecule has 1 aromatic heterocycles. The van der Waals surface area contributed by atoms with Crippen LogP contribution in [0.5, 0.6) is 17.2 Å². The number of ketones is 1. The van der Waals surface area contributed by atoms with Crippen LogP contribution in [0.25, 0.3) is 16.0 Å². The fourth-order valence-corrected chi connectivity index (χ4v) is 5.74. The number of thiazole rings is 1. The van der Waals surface area contributed by atoms with E-state index in [0.717, 1.165) is 21.3 Å². The molecule has 1 fully saturated rings. The Morgan fingerprint density at radius 1 is 1.00 bits per heavy atom. The molecule has 1 unspecified atom stereocenters. The van der Waals surface area contributed by atoms with Crippen molar-refractivity contribution in [3.8, 4) is 17.2 Å². The minimum atomic E-state index is -1.00. The molecule has 4 aromatic rings. The molecule has 1 aliphatic heterocycles. The van der Waals surface area contributed by atoms with Gasteiger partial charge in [-0.3, -0.25) is 14.5 Å². The Bertz CT molecular complexity index is 1590. The molecule has 0 radical (unpaired) electrons. The van der Waals surface area contributed by atoms with Crippen molar-refractivity contribution in [3.05, 3.63) is 82.4 Å². The molecule has 188 valence electrons. The number of phenols is 1. The standard InChI is InChI=1S/C28H24N2O6S/c1-14-11-15(2)23-21(12-14)37-28(29-23)30-24(17-7-10-19(31)20(13-17)36-4)22(26(33)27(30)34)25(32)16-5-8-18(35-3)9-6-16/h5-13,24,31-32H,1-4H3/b25-22+. The maximum absolute atomic E-state index is 13.5. The molecule has 0 saturated carbocycles. The van der Waals surface area contributed by atoms with Gasteiger partial charge in [0, 0.05) is 5.56 Å². The van der Waals surface area contributed by atoms with Crippen molar-refractivity contribution in [2.45, 2.75) is 19.9 Å². The van der Waals surface area contributed by atoms with E-state index in [2.05, 4.69) is 0 Å². The molecule has 5 rings (SSSR count). The summed E-state index contributed by atoms with van der Waals surface area (Å²) in [6.07, 6.45) is 0. The van der Waals surface area contributed by atoms with Gasteiger partial charge in [-0.15, -0.1) is 0 Å². The molecular weight excluding hydrogens is 492 g/mol. The van der Waals surface area contributed by atoms with Crippen LogP contribution < -0.4 is 14.4 Å². The van der Waals surface area contributed by atoms with Crippen LogP contribution in [-0.4, -0.2) is 41.1 Å². The predicted molar refractivity (Wildman–Crippen MR) is 142 cm³/mol. The smallest absolute Gasteiger partial charge is 0.301 e. The number of ether oxygens (including phenoxy) is 2. The number of aliphatic hydroxyl groups excluding tert-OH is 1. The predicted octanol–water partition coefficient (Wildman–Crippen LogP) is 5.26. The lowest BCUT2D eigenvalue weighted by atomic mass is 9.95. The van der Waals surface area contributed by atoms with Gasteiger partial charge in [0.2, 0.25) is 0 Å². The Balaban J connectivity index is 1.75. The number of aromatic hydroxyl groups is 1. The zero-order chi connectivity index (χ0) is 26.4. The van der Waals surface area contributed by atoms with Crippen LogP contribution in [-0.2, 0) is 9.59 Å². The lowest BCUT2D eigenvalue weighted by Gasteiger charge is -2.23. The van der Waals surface area contributed by atoms with Crippen molar-refractivity contribution in [2.24, 2.45) is 0 Å². The highest BCUT2D eigenvalue weighted by Crippen LogP contribution is 2.46. The van der Waals surface area contributed by atoms with Gasteiger partial charge in [-0.2, -0.15) is 0 Å². The van der Waals surface area contributed by atoms with Gasteiger partial charge in [-0.05, 0) is 73.0 Å². The fraction of sp³-hybridized carbons (Fsp3) is 0.179. The number of nitrogens with zero attached hydrogens (tertiary/aromatic N) is 2. The van der Waals surface area contributed by atoms with E-state index in [-0.39, 0.29) is 22.8 Å². The maximum Gasteiger partial charge on any atom is 0.301 e. The van der Waals surface area contributed by atoms with Crippen molar-refractivity contribution < 1.29 is 29.3 Å². The van der Waals surface area contributed by atoms with E-state index in [1.54, 1.807) is 36.4 Å². The summed E-state index contributed by atoms with van der Waals surface area (Å²) in [4.78, 5) is 32.9. The number of aryl methyl sites for hydroxylation is 2. The Hall–Kier alpha value is -4.37. The largest absolute Gasteiger partial charge is 0.507 e. The fourth-order valence-electron chi connectivity index (χ4n) is 4.58. The number of Topliss-reactive ketones (excluding diaryl/α,β-unsaturated/α-hetero) is 1. The average molecular weight is 517 g/mol. The van der Waals surface area contributed by atoms with Crippen LogP contribution in [0.3, 0.4) is 0 Å². The summed E-state index contributed by atoms with van der Waals surface area (Å²) in [5, 5.41) is 21.8. The first kappa shape index (κ1) is 24.3. The molecule has 1 saturated heterocycles. The summed E-state index contributed by atoms with van der Waals surface area (Å²) >= 11 is 1.30. The van der Waals surface area contributed by atoms with E-state index in [1.165, 1.54) is 36.5 Å². The number of carbonyl (C=O) groups is 2. The second kappa shape index (κ2) is 9.25. The van der Waals surface area contributed by atoms with Crippen molar-refractivity contribution in [1.82, 2.24) is 4.98 Å². The number of hydrogen-bond acceptors (Lipinski definition) is 8. The number of carbonyl (C=O) groups excluding carboxylic acids is 2. The van der Waals surface area contributed by atoms with Crippen molar-refractivity contribution in [2.75, 3.05) is 19.1 Å². The third-order valence-corrected chi connectivity index (χ3v) is 7.35. The Kier molecular flexibility index (Phi) is 6.08. The van der Waals surface area contributed by atoms with Crippen LogP contribution in [0.15, 0.2) is 60.2 Å². The molecule has 37 heavy (non-hydrogen) atoms. The average Bonchev–Trinajstić information content (AvgIpc) is 3.42. The number of aliphatic hydroxyl groups is 1. The molecule has 1 atom stereocenters. The van der Waals surface area contributed by atoms with Gasteiger partial charge in [0.1, 0.15) is 11.5 Å². The Labute approximate surface area is 217 Å². The molecule has 3 aromatic carbocycles. The van der Waals surface area contributed by atoms with Crippen molar-refractivity contribution in [3.63, 3.8) is 0 Å². The Morgan fingerprint density at radius 2 is 1.73 bits per heavy atom. The van der Waals surface area contributed by atoms with Gasteiger partial charge < -0.3 is 19.7 Å². The Morgan fingerprint density at radius 3 is 2.41 bits per heavy atom. The van der Waals surface area contributed by atoms with E-state index in [1.807, 2.05) is 26.0 Å². The van der Waals surface area contributed by atoms with Gasteiger partial charge in [0.05, 0.1) is 36.1 Å². The molecule has 1 amide bonds. The van der Waals surface area contributed by atoms with Gasteiger partial charge in [-0.1, -0.05) is 23.5 Å². The van der Waals surface area contributed by atoms with Crippen LogP contribution in [0.4, 0.5) is 5.13 Å². The number of hydrogen-bond donors (Lipinski definition) is 2. The first-order valence-electron chi connectivity index (χ1n) is 11.4. The van der Waals surface area contributed by atoms with Gasteiger partial charge >= 0.3 is 5.91 Å². The summed E-state index contributed by atoms with van der Waals surface area (Å²) in [5.41, 5.74) is 3.48. The molecule has 0 spiro atoms. The number of fused-ring (bicyclic) bond motifs is 1. The SMILES string of the molecule is COc1ccc(/C(O)=C2\C(=O)C(=O)N(c3nc4c(C)cc(C)cc4s3)C2c2ccc(O)c(OC)c2)cc1. The number of rotatable bonds is 5. The molecular formula is C28H24N2O6S. The third kappa shape index (κ3) is 4.07. The lowest BCUT2D eigenvalue weighted by Crippen LogP contribution is -2.29. The van der Waals surface area contributed by atoms with E-state index in [0.29, 0.717) is 22.0 Å². The topological polar surface area (TPSA) is 109 Å². The zero-order valence-electron chi connectivity index (χ0n) is 20.6. The first-order valence-corrected chi connectivity index (χ1v) is 12.2. The second-order valence-electron chi connectivity index (χ2n) is 8.75. The van der Waals surface area contributed by atoms with Crippen molar-refractivity contribution in [1.29, 1.82) is 0 Å². The van der Waals surface area contributed by atoms with E-state index in [4.69, 9.17) is 14.5 Å². The monoisotopic (exact) mass is 516 g/mol. The van der Waals surface area contributed by atoms with Crippen LogP contribution in [0.1, 0.15) is 28.3 Å². The molecule has 0 bridgehead atoms. The minimum Gasteiger partial charge on any atom is -0.507 e. The van der Waals surface area contributed by atoms with Crippen LogP contribution in [0, 0.1) is 13.8 Å². The van der Waals surface area contributed by atoms with E-state index in [9.17, 15) is 19.8 Å². The van der Waals surface area contributed by atoms with Crippen LogP contribution >= 0.6 is 11.3 Å². The normalized spacial score (nSPS) is 17.0. The van der Waals surface area contributed by atoms with Gasteiger partial charge in [0.25, 0.3) is 5.78 Å². The summed E-state index contributed by atoms with van der Waals surface area (Å²) in [5.74, 6) is -1.31. The molecule has 8 nitrogen and oxygen atoms in total. The first-order chi connectivity index (χ1) is 17.7. The summed E-state index contributed by atoms with van der Waals surface area (Å²) in [6.45, 7) is 3.93. The van der Waals surface area contributed by atoms with Gasteiger partial charge in [0.15, 0.2) is 16.6 Å². The molecule has 2 heterocycles. The van der Waals surface area contributed by atoms with E-state index >= 15 is 0 Å². The quantitative estimate of drug-likeness (QED) is 0.211. The highest BCUT2D eigenvalue weighted by Gasteiger charge is 2.48. The van der Waals surface area contributed by atoms with Crippen LogP contribution in [0.2, 0.25) is 0 Å². The number of aromatic nitrogens is 1. The maximum atomic E-state index is 13.5. The summed E-state index contributed by atoms with van der Waals surface area (Å²) in [7, 11) is 2.94. The number of anilines is 1. The highest BCUT2D eigenvalue weighted by atomic mass is 32.1. The van der Waals surface area contributed by atoms with Gasteiger partial charge in [-0.25, -0.2) is 4.98 Å².